The van der Waals surface area contributed by atoms with E-state index in [0.29, 0.717) is 0 Å². The number of aryl methyl sites for hydroxylation is 1. The predicted octanol–water partition coefficient (Wildman–Crippen LogP) is 3.14. The lowest BCUT2D eigenvalue weighted by Gasteiger charge is -2.18. The van der Waals surface area contributed by atoms with E-state index in [0.717, 1.165) is 6.42 Å². The first-order valence-electron chi connectivity index (χ1n) is 5.21. The molecule has 0 spiro atoms. The largest absolute Gasteiger partial charge is 0.357 e. The molecule has 3 rings (SSSR count). The van der Waals surface area contributed by atoms with Crippen LogP contribution in [0.3, 0.4) is 0 Å². The molecule has 3 N–H and O–H groups in total. The van der Waals surface area contributed by atoms with E-state index in [4.69, 9.17) is 5.73 Å². The van der Waals surface area contributed by atoms with Crippen LogP contribution < -0.4 is 5.73 Å². The van der Waals surface area contributed by atoms with E-state index in [2.05, 4.69) is 29.2 Å². The Morgan fingerprint density at radius 3 is 2.93 bits per heavy atom. The van der Waals surface area contributed by atoms with Crippen molar-refractivity contribution in [1.82, 2.24) is 4.98 Å². The molecule has 0 fully saturated rings. The monoisotopic (exact) mass is 202 g/mol. The van der Waals surface area contributed by atoms with Crippen molar-refractivity contribution in [2.24, 2.45) is 5.73 Å². The molecule has 2 nitrogen and oxygen atoms in total. The summed E-state index contributed by atoms with van der Waals surface area (Å²) in [7, 11) is 0. The van der Waals surface area contributed by atoms with Gasteiger partial charge in [-0.2, -0.15) is 0 Å². The van der Waals surface area contributed by atoms with Crippen molar-refractivity contribution >= 4 is 10.9 Å². The summed E-state index contributed by atoms with van der Waals surface area (Å²) in [6, 6.07) is 8.68. The highest BCUT2D eigenvalue weighted by molar-refractivity contribution is 5.85. The van der Waals surface area contributed by atoms with E-state index in [1.54, 1.807) is 0 Å². The zero-order chi connectivity index (χ0) is 9.54. The van der Waals surface area contributed by atoms with Crippen LogP contribution in [-0.4, -0.2) is 4.98 Å². The lowest BCUT2D eigenvalue weighted by molar-refractivity contribution is 0.562. The van der Waals surface area contributed by atoms with Crippen LogP contribution in [0, 0.1) is 0 Å². The number of fused-ring (bicyclic) bond motifs is 3. The van der Waals surface area contributed by atoms with Gasteiger partial charge in [-0.25, -0.2) is 0 Å². The second-order valence-corrected chi connectivity index (χ2v) is 4.06. The van der Waals surface area contributed by atoms with Crippen molar-refractivity contribution in [2.45, 2.75) is 32.7 Å². The highest BCUT2D eigenvalue weighted by Gasteiger charge is 2.20. The van der Waals surface area contributed by atoms with Crippen LogP contribution in [0.4, 0.5) is 0 Å². The summed E-state index contributed by atoms with van der Waals surface area (Å²) in [6.07, 6.45) is 3.50. The number of nitrogens with one attached hydrogen (secondary N) is 1. The fourth-order valence-electron chi connectivity index (χ4n) is 2.45. The fraction of sp³-hybridized carbons (Fsp3) is 0.385. The molecule has 1 aliphatic carbocycles. The van der Waals surface area contributed by atoms with Gasteiger partial charge in [0.2, 0.25) is 0 Å². The molecule has 0 aliphatic heterocycles. The van der Waals surface area contributed by atoms with Gasteiger partial charge >= 0.3 is 0 Å². The molecule has 1 atom stereocenters. The van der Waals surface area contributed by atoms with E-state index < -0.39 is 0 Å². The van der Waals surface area contributed by atoms with Crippen LogP contribution in [-0.2, 0) is 6.42 Å². The molecule has 1 aromatic carbocycles. The van der Waals surface area contributed by atoms with Gasteiger partial charge in [-0.1, -0.05) is 25.6 Å². The molecule has 1 aliphatic rings. The van der Waals surface area contributed by atoms with E-state index >= 15 is 0 Å². The summed E-state index contributed by atoms with van der Waals surface area (Å²) in [5.74, 6) is 0. The Morgan fingerprint density at radius 1 is 1.27 bits per heavy atom. The quantitative estimate of drug-likeness (QED) is 0.677. The number of hydrogen-bond donors (Lipinski definition) is 2. The average Bonchev–Trinajstić information content (AvgIpc) is 2.59. The zero-order valence-corrected chi connectivity index (χ0v) is 8.09. The maximum Gasteiger partial charge on any atom is 0.0459 e. The van der Waals surface area contributed by atoms with Crippen LogP contribution in [0.2, 0.25) is 0 Å². The molecule has 2 aromatic rings. The second kappa shape index (κ2) is 3.70. The summed E-state index contributed by atoms with van der Waals surface area (Å²) in [5.41, 5.74) is 10.0. The van der Waals surface area contributed by atoms with Crippen LogP contribution in [0.5, 0.6) is 0 Å². The number of aromatic amines is 1. The lowest BCUT2D eigenvalue weighted by Crippen LogP contribution is -2.16. The van der Waals surface area contributed by atoms with Gasteiger partial charge in [0.1, 0.15) is 0 Å². The molecule has 0 radical (unpaired) electrons. The second-order valence-electron chi connectivity index (χ2n) is 4.06. The van der Waals surface area contributed by atoms with Crippen LogP contribution in [0.15, 0.2) is 24.3 Å². The Hall–Kier alpha value is -1.28. The molecule has 2 heteroatoms. The first kappa shape index (κ1) is 10.2. The molecule has 1 aromatic heterocycles. The third kappa shape index (κ3) is 1.45. The van der Waals surface area contributed by atoms with Crippen LogP contribution >= 0.6 is 0 Å². The molecular weight excluding hydrogens is 184 g/mol. The highest BCUT2D eigenvalue weighted by atomic mass is 14.8. The van der Waals surface area contributed by atoms with Gasteiger partial charge in [-0.15, -0.1) is 0 Å². The minimum absolute atomic E-state index is 0. The molecule has 0 amide bonds. The number of H-pyrrole nitrogens is 1. The Labute approximate surface area is 90.5 Å². The number of aromatic nitrogens is 1. The van der Waals surface area contributed by atoms with Crippen LogP contribution in [0.1, 0.15) is 37.6 Å². The Bertz CT molecular complexity index is 470. The van der Waals surface area contributed by atoms with Gasteiger partial charge in [-0.3, -0.25) is 0 Å². The van der Waals surface area contributed by atoms with Crippen LogP contribution in [0.25, 0.3) is 10.9 Å². The SMILES string of the molecule is C.NC1CCCc2c1[nH]c1ccccc21. The number of benzene rings is 1. The maximum atomic E-state index is 6.08. The number of hydrogen-bond acceptors (Lipinski definition) is 1. The smallest absolute Gasteiger partial charge is 0.0459 e. The molecule has 1 unspecified atom stereocenters. The van der Waals surface area contributed by atoms with Gasteiger partial charge in [0.05, 0.1) is 0 Å². The first-order valence-corrected chi connectivity index (χ1v) is 5.21. The molecule has 80 valence electrons. The predicted molar refractivity (Wildman–Crippen MR) is 64.9 cm³/mol. The van der Waals surface area contributed by atoms with Gasteiger partial charge < -0.3 is 10.7 Å². The summed E-state index contributed by atoms with van der Waals surface area (Å²) in [4.78, 5) is 3.44. The van der Waals surface area contributed by atoms with E-state index in [1.807, 2.05) is 0 Å². The molecule has 15 heavy (non-hydrogen) atoms. The highest BCUT2D eigenvalue weighted by Crippen LogP contribution is 2.32. The number of rotatable bonds is 0. The Morgan fingerprint density at radius 2 is 2.07 bits per heavy atom. The van der Waals surface area contributed by atoms with E-state index in [-0.39, 0.29) is 13.5 Å². The maximum absolute atomic E-state index is 6.08. The van der Waals surface area contributed by atoms with Crippen molar-refractivity contribution in [1.29, 1.82) is 0 Å². The fourth-order valence-corrected chi connectivity index (χ4v) is 2.45. The summed E-state index contributed by atoms with van der Waals surface area (Å²) < 4.78 is 0. The minimum Gasteiger partial charge on any atom is -0.357 e. The number of nitrogens with two attached hydrogens (primary N) is 1. The van der Waals surface area contributed by atoms with Gasteiger partial charge in [-0.05, 0) is 30.9 Å². The average molecular weight is 202 g/mol. The van der Waals surface area contributed by atoms with Crippen molar-refractivity contribution in [3.05, 3.63) is 35.5 Å². The Balaban J connectivity index is 0.000000853. The number of para-hydroxylation sites is 1. The topological polar surface area (TPSA) is 41.8 Å². The summed E-state index contributed by atoms with van der Waals surface area (Å²) in [6.45, 7) is 0. The van der Waals surface area contributed by atoms with Crippen molar-refractivity contribution in [3.8, 4) is 0 Å². The van der Waals surface area contributed by atoms with E-state index in [9.17, 15) is 0 Å². The van der Waals surface area contributed by atoms with Gasteiger partial charge in [0.15, 0.2) is 0 Å². The molecule has 0 saturated heterocycles. The first-order chi connectivity index (χ1) is 6.86. The third-order valence-corrected chi connectivity index (χ3v) is 3.16. The molecule has 0 saturated carbocycles. The van der Waals surface area contributed by atoms with Gasteiger partial charge in [0, 0.05) is 22.6 Å². The van der Waals surface area contributed by atoms with Crippen molar-refractivity contribution in [3.63, 3.8) is 0 Å². The summed E-state index contributed by atoms with van der Waals surface area (Å²) >= 11 is 0. The normalized spacial score (nSPS) is 19.7. The Kier molecular flexibility index (Phi) is 2.53. The third-order valence-electron chi connectivity index (χ3n) is 3.16. The summed E-state index contributed by atoms with van der Waals surface area (Å²) in [5, 5.41) is 1.36. The molecule has 0 bridgehead atoms. The lowest BCUT2D eigenvalue weighted by atomic mass is 9.92. The minimum atomic E-state index is 0. The van der Waals surface area contributed by atoms with Crippen molar-refractivity contribution in [2.75, 3.05) is 0 Å². The van der Waals surface area contributed by atoms with Crippen molar-refractivity contribution < 1.29 is 0 Å². The standard InChI is InChI=1S/C12H14N2.CH4/c13-10-6-3-5-9-8-4-1-2-7-11(8)14-12(9)10;/h1-2,4,7,10,14H,3,5-6,13H2;1H4. The van der Waals surface area contributed by atoms with Gasteiger partial charge in [0.25, 0.3) is 0 Å². The van der Waals surface area contributed by atoms with E-state index in [1.165, 1.54) is 35.0 Å². The zero-order valence-electron chi connectivity index (χ0n) is 8.09. The molecular formula is C13H18N2. The molecule has 1 heterocycles.